The zero-order chi connectivity index (χ0) is 19.4. The van der Waals surface area contributed by atoms with Gasteiger partial charge in [0.2, 0.25) is 5.91 Å². The van der Waals surface area contributed by atoms with Gasteiger partial charge in [-0.2, -0.15) is 0 Å². The molecule has 2 saturated heterocycles. The molecule has 2 aliphatic rings. The number of carbonyl (C=O) groups is 2. The second-order valence-electron chi connectivity index (χ2n) is 6.83. The van der Waals surface area contributed by atoms with Crippen LogP contribution >= 0.6 is 0 Å². The third-order valence-electron chi connectivity index (χ3n) is 4.24. The molecule has 27 heavy (non-hydrogen) atoms. The third-order valence-corrected chi connectivity index (χ3v) is 4.24. The lowest BCUT2D eigenvalue weighted by Crippen LogP contribution is -2.47. The van der Waals surface area contributed by atoms with Gasteiger partial charge in [0, 0.05) is 0 Å². The highest BCUT2D eigenvalue weighted by molar-refractivity contribution is 5.82. The van der Waals surface area contributed by atoms with E-state index in [1.807, 2.05) is 30.3 Å². The number of carbonyl (C=O) groups excluding carboxylic acids is 2. The minimum Gasteiger partial charge on any atom is -0.445 e. The van der Waals surface area contributed by atoms with Gasteiger partial charge in [-0.25, -0.2) is 4.79 Å². The summed E-state index contributed by atoms with van der Waals surface area (Å²) in [5, 5.41) is 14.4. The first kappa shape index (κ1) is 19.6. The van der Waals surface area contributed by atoms with Crippen LogP contribution in [0.5, 0.6) is 0 Å². The fourth-order valence-electron chi connectivity index (χ4n) is 3.08. The lowest BCUT2D eigenvalue weighted by molar-refractivity contribution is -0.194. The smallest absolute Gasteiger partial charge is 0.407 e. The van der Waals surface area contributed by atoms with E-state index in [0.717, 1.165) is 5.56 Å². The van der Waals surface area contributed by atoms with Crippen molar-refractivity contribution in [3.8, 4) is 0 Å². The van der Waals surface area contributed by atoms with Gasteiger partial charge in [0.05, 0.1) is 6.61 Å². The first-order valence-corrected chi connectivity index (χ1v) is 8.74. The molecule has 0 aliphatic carbocycles. The Morgan fingerprint density at radius 2 is 1.89 bits per heavy atom. The molecule has 2 heterocycles. The number of aliphatic hydroxyl groups excluding tert-OH is 1. The first-order valence-electron chi connectivity index (χ1n) is 8.74. The average molecular weight is 380 g/mol. The number of benzene rings is 1. The van der Waals surface area contributed by atoms with Gasteiger partial charge in [0.1, 0.15) is 31.5 Å². The fraction of sp³-hybridized carbons (Fsp3) is 0.556. The molecule has 0 radical (unpaired) electrons. The molecule has 0 unspecified atom stereocenters. The predicted molar refractivity (Wildman–Crippen MR) is 92.3 cm³/mol. The number of nitrogens with one attached hydrogen (secondary N) is 2. The SMILES string of the molecule is CC1(C)O[C@@H]2[C@H](O1)[C@@H](CO)O[C@@H]2NC(=O)CNC(=O)OCc1ccccc1. The summed E-state index contributed by atoms with van der Waals surface area (Å²) in [7, 11) is 0. The highest BCUT2D eigenvalue weighted by Gasteiger charge is 2.55. The second-order valence-corrected chi connectivity index (χ2v) is 6.83. The van der Waals surface area contributed by atoms with E-state index in [4.69, 9.17) is 18.9 Å². The Balaban J connectivity index is 1.43. The zero-order valence-electron chi connectivity index (χ0n) is 15.2. The molecular formula is C18H24N2O7. The standard InChI is InChI=1S/C18H24N2O7/c1-18(2)26-14-12(9-21)25-16(15(14)27-18)20-13(22)8-19-17(23)24-10-11-6-4-3-5-7-11/h3-7,12,14-16,21H,8-10H2,1-2H3,(H,19,23)(H,20,22)/t12-,14-,15-,16+/m1/s1. The summed E-state index contributed by atoms with van der Waals surface area (Å²) in [5.74, 6) is -1.29. The maximum atomic E-state index is 12.1. The number of ether oxygens (including phenoxy) is 4. The molecular weight excluding hydrogens is 356 g/mol. The number of fused-ring (bicyclic) bond motifs is 1. The van der Waals surface area contributed by atoms with Crippen LogP contribution in [-0.4, -0.2) is 60.6 Å². The van der Waals surface area contributed by atoms with Gasteiger partial charge in [-0.05, 0) is 19.4 Å². The van der Waals surface area contributed by atoms with Crippen LogP contribution in [0.15, 0.2) is 30.3 Å². The highest BCUT2D eigenvalue weighted by atomic mass is 16.8. The third kappa shape index (κ3) is 4.95. The molecule has 9 nitrogen and oxygen atoms in total. The minimum absolute atomic E-state index is 0.113. The van der Waals surface area contributed by atoms with Gasteiger partial charge >= 0.3 is 6.09 Å². The monoisotopic (exact) mass is 380 g/mol. The summed E-state index contributed by atoms with van der Waals surface area (Å²) >= 11 is 0. The summed E-state index contributed by atoms with van der Waals surface area (Å²) in [6, 6.07) is 9.21. The molecule has 9 heteroatoms. The van der Waals surface area contributed by atoms with E-state index in [1.165, 1.54) is 0 Å². The molecule has 0 bridgehead atoms. The van der Waals surface area contributed by atoms with Crippen LogP contribution in [0, 0.1) is 0 Å². The molecule has 0 aromatic heterocycles. The summed E-state index contributed by atoms with van der Waals surface area (Å²) in [5.41, 5.74) is 0.846. The normalized spacial score (nSPS) is 28.4. The Labute approximate surface area is 156 Å². The number of hydrogen-bond donors (Lipinski definition) is 3. The van der Waals surface area contributed by atoms with E-state index in [-0.39, 0.29) is 19.8 Å². The van der Waals surface area contributed by atoms with Crippen LogP contribution in [0.4, 0.5) is 4.79 Å². The van der Waals surface area contributed by atoms with Crippen molar-refractivity contribution in [2.75, 3.05) is 13.2 Å². The van der Waals surface area contributed by atoms with E-state index in [1.54, 1.807) is 13.8 Å². The van der Waals surface area contributed by atoms with Crippen molar-refractivity contribution in [3.63, 3.8) is 0 Å². The Morgan fingerprint density at radius 3 is 2.59 bits per heavy atom. The summed E-state index contributed by atoms with van der Waals surface area (Å²) < 4.78 is 22.1. The molecule has 2 amide bonds. The molecule has 1 aromatic rings. The van der Waals surface area contributed by atoms with Gasteiger partial charge in [0.25, 0.3) is 0 Å². The van der Waals surface area contributed by atoms with E-state index in [2.05, 4.69) is 10.6 Å². The van der Waals surface area contributed by atoms with Crippen LogP contribution in [0.2, 0.25) is 0 Å². The van der Waals surface area contributed by atoms with Crippen LogP contribution in [0.1, 0.15) is 19.4 Å². The topological polar surface area (TPSA) is 115 Å². The molecule has 148 valence electrons. The van der Waals surface area contributed by atoms with Gasteiger partial charge in [0.15, 0.2) is 12.0 Å². The maximum absolute atomic E-state index is 12.1. The van der Waals surface area contributed by atoms with Crippen molar-refractivity contribution in [1.82, 2.24) is 10.6 Å². The predicted octanol–water partition coefficient (Wildman–Crippen LogP) is 0.266. The summed E-state index contributed by atoms with van der Waals surface area (Å²) in [6.07, 6.45) is -3.08. The van der Waals surface area contributed by atoms with Crippen molar-refractivity contribution in [2.24, 2.45) is 0 Å². The Morgan fingerprint density at radius 1 is 1.19 bits per heavy atom. The molecule has 0 saturated carbocycles. The molecule has 2 fully saturated rings. The van der Waals surface area contributed by atoms with Gasteiger partial charge in [-0.3, -0.25) is 4.79 Å². The van der Waals surface area contributed by atoms with E-state index in [0.29, 0.717) is 0 Å². The molecule has 2 aliphatic heterocycles. The lowest BCUT2D eigenvalue weighted by Gasteiger charge is -2.24. The number of alkyl carbamates (subject to hydrolysis) is 1. The van der Waals surface area contributed by atoms with E-state index in [9.17, 15) is 14.7 Å². The van der Waals surface area contributed by atoms with Crippen molar-refractivity contribution < 1.29 is 33.6 Å². The first-order chi connectivity index (χ1) is 12.9. The van der Waals surface area contributed by atoms with Gasteiger partial charge < -0.3 is 34.7 Å². The minimum atomic E-state index is -0.824. The van der Waals surface area contributed by atoms with Crippen molar-refractivity contribution in [3.05, 3.63) is 35.9 Å². The highest BCUT2D eigenvalue weighted by Crippen LogP contribution is 2.37. The maximum Gasteiger partial charge on any atom is 0.407 e. The number of hydrogen-bond acceptors (Lipinski definition) is 7. The van der Waals surface area contributed by atoms with Crippen molar-refractivity contribution in [2.45, 2.75) is 50.8 Å². The van der Waals surface area contributed by atoms with Crippen molar-refractivity contribution >= 4 is 12.0 Å². The number of amides is 2. The van der Waals surface area contributed by atoms with Crippen LogP contribution < -0.4 is 10.6 Å². The fourth-order valence-corrected chi connectivity index (χ4v) is 3.08. The number of aliphatic hydroxyl groups is 1. The molecule has 4 atom stereocenters. The van der Waals surface area contributed by atoms with Crippen LogP contribution in [-0.2, 0) is 30.3 Å². The van der Waals surface area contributed by atoms with Gasteiger partial charge in [-0.1, -0.05) is 30.3 Å². The van der Waals surface area contributed by atoms with Crippen LogP contribution in [0.25, 0.3) is 0 Å². The largest absolute Gasteiger partial charge is 0.445 e. The molecule has 1 aromatic carbocycles. The average Bonchev–Trinajstić information content (AvgIpc) is 3.12. The Kier molecular flexibility index (Phi) is 5.95. The van der Waals surface area contributed by atoms with Crippen molar-refractivity contribution in [1.29, 1.82) is 0 Å². The van der Waals surface area contributed by atoms with Gasteiger partial charge in [-0.15, -0.1) is 0 Å². The zero-order valence-corrected chi connectivity index (χ0v) is 15.2. The van der Waals surface area contributed by atoms with Crippen LogP contribution in [0.3, 0.4) is 0 Å². The Bertz CT molecular complexity index is 667. The molecule has 0 spiro atoms. The Hall–Kier alpha value is -2.20. The molecule has 3 N–H and O–H groups in total. The number of rotatable bonds is 6. The van der Waals surface area contributed by atoms with E-state index >= 15 is 0 Å². The van der Waals surface area contributed by atoms with E-state index < -0.39 is 42.3 Å². The summed E-state index contributed by atoms with van der Waals surface area (Å²) in [4.78, 5) is 23.8. The second kappa shape index (κ2) is 8.22. The quantitative estimate of drug-likeness (QED) is 0.649. The lowest BCUT2D eigenvalue weighted by atomic mass is 10.1. The summed E-state index contributed by atoms with van der Waals surface area (Å²) in [6.45, 7) is 3.09. The molecule has 3 rings (SSSR count).